The van der Waals surface area contributed by atoms with Crippen LogP contribution in [-0.2, 0) is 13.1 Å². The Balaban J connectivity index is 0.00000312. The van der Waals surface area contributed by atoms with E-state index in [0.717, 1.165) is 31.3 Å². The summed E-state index contributed by atoms with van der Waals surface area (Å²) in [7, 11) is 2.05. The summed E-state index contributed by atoms with van der Waals surface area (Å²) >= 11 is 0. The monoisotopic (exact) mass is 457 g/mol. The van der Waals surface area contributed by atoms with Gasteiger partial charge in [-0.2, -0.15) is 5.10 Å². The molecule has 0 aliphatic heterocycles. The van der Waals surface area contributed by atoms with Gasteiger partial charge >= 0.3 is 0 Å². The molecule has 0 amide bonds. The molecule has 0 radical (unpaired) electrons. The van der Waals surface area contributed by atoms with Crippen molar-refractivity contribution in [3.05, 3.63) is 48.3 Å². The van der Waals surface area contributed by atoms with E-state index >= 15 is 0 Å². The molecule has 6 nitrogen and oxygen atoms in total. The maximum Gasteiger partial charge on any atom is 0.194 e. The molecule has 0 spiro atoms. The largest absolute Gasteiger partial charge is 0.494 e. The zero-order chi connectivity index (χ0) is 17.2. The molecular weight excluding hydrogens is 429 g/mol. The summed E-state index contributed by atoms with van der Waals surface area (Å²) in [5.74, 6) is 1.81. The number of aliphatic imine (C=N–C) groups is 1. The number of guanidine groups is 1. The van der Waals surface area contributed by atoms with Crippen LogP contribution in [0.25, 0.3) is 0 Å². The van der Waals surface area contributed by atoms with E-state index < -0.39 is 0 Å². The predicted molar refractivity (Wildman–Crippen MR) is 113 cm³/mol. The molecular formula is C18H28IN5O. The van der Waals surface area contributed by atoms with Gasteiger partial charge in [0.25, 0.3) is 0 Å². The number of ether oxygens (including phenoxy) is 1. The molecule has 0 bridgehead atoms. The van der Waals surface area contributed by atoms with Gasteiger partial charge in [-0.1, -0.05) is 12.1 Å². The van der Waals surface area contributed by atoms with Crippen LogP contribution in [0.1, 0.15) is 19.4 Å². The summed E-state index contributed by atoms with van der Waals surface area (Å²) in [5, 5.41) is 7.53. The minimum atomic E-state index is 0. The maximum absolute atomic E-state index is 5.48. The lowest BCUT2D eigenvalue weighted by Crippen LogP contribution is -2.38. The quantitative estimate of drug-likeness (QED) is 0.376. The Morgan fingerprint density at radius 1 is 1.28 bits per heavy atom. The molecule has 2 rings (SSSR count). The highest BCUT2D eigenvalue weighted by Crippen LogP contribution is 2.13. The Morgan fingerprint density at radius 3 is 2.64 bits per heavy atom. The van der Waals surface area contributed by atoms with Crippen LogP contribution in [0.2, 0.25) is 0 Å². The lowest BCUT2D eigenvalue weighted by atomic mass is 10.2. The van der Waals surface area contributed by atoms with Crippen LogP contribution in [0.4, 0.5) is 0 Å². The van der Waals surface area contributed by atoms with Crippen molar-refractivity contribution in [3.63, 3.8) is 0 Å². The van der Waals surface area contributed by atoms with Crippen molar-refractivity contribution < 1.29 is 4.74 Å². The van der Waals surface area contributed by atoms with Crippen molar-refractivity contribution in [1.29, 1.82) is 0 Å². The molecule has 1 N–H and O–H groups in total. The number of nitrogens with one attached hydrogen (secondary N) is 1. The molecule has 138 valence electrons. The Morgan fingerprint density at radius 2 is 2.04 bits per heavy atom. The van der Waals surface area contributed by atoms with Crippen molar-refractivity contribution in [1.82, 2.24) is 20.0 Å². The third-order valence-electron chi connectivity index (χ3n) is 3.50. The molecule has 1 aromatic carbocycles. The summed E-state index contributed by atoms with van der Waals surface area (Å²) in [6, 6.07) is 10.1. The van der Waals surface area contributed by atoms with Crippen molar-refractivity contribution in [2.75, 3.05) is 26.7 Å². The fourth-order valence-corrected chi connectivity index (χ4v) is 2.37. The minimum Gasteiger partial charge on any atom is -0.494 e. The number of aromatic nitrogens is 2. The van der Waals surface area contributed by atoms with Crippen molar-refractivity contribution in [2.45, 2.75) is 26.9 Å². The number of hydrogen-bond acceptors (Lipinski definition) is 3. The van der Waals surface area contributed by atoms with Crippen LogP contribution < -0.4 is 10.1 Å². The second-order valence-corrected chi connectivity index (χ2v) is 5.44. The molecule has 0 unspecified atom stereocenters. The average molecular weight is 457 g/mol. The van der Waals surface area contributed by atoms with E-state index in [1.165, 1.54) is 5.56 Å². The first-order valence-corrected chi connectivity index (χ1v) is 8.41. The normalized spacial score (nSPS) is 10.9. The smallest absolute Gasteiger partial charge is 0.194 e. The van der Waals surface area contributed by atoms with Crippen LogP contribution in [0.15, 0.2) is 47.7 Å². The van der Waals surface area contributed by atoms with Gasteiger partial charge in [0.05, 0.1) is 19.7 Å². The standard InChI is InChI=1S/C18H27N5O.HI/c1-4-19-18(20-12-14-23-13-6-11-21-23)22(3)15-16-7-9-17(10-8-16)24-5-2;/h6-11,13H,4-5,12,14-15H2,1-3H3,(H,19,20);1H. The highest BCUT2D eigenvalue weighted by molar-refractivity contribution is 14.0. The van der Waals surface area contributed by atoms with Crippen molar-refractivity contribution in [3.8, 4) is 5.75 Å². The van der Waals surface area contributed by atoms with Crippen LogP contribution >= 0.6 is 24.0 Å². The SMILES string of the molecule is CCNC(=NCCn1cccn1)N(C)Cc1ccc(OCC)cc1.I. The Labute approximate surface area is 167 Å². The van der Waals surface area contributed by atoms with Gasteiger partial charge in [-0.15, -0.1) is 24.0 Å². The van der Waals surface area contributed by atoms with E-state index in [2.05, 4.69) is 39.4 Å². The van der Waals surface area contributed by atoms with Gasteiger partial charge in [0.15, 0.2) is 5.96 Å². The first-order valence-electron chi connectivity index (χ1n) is 8.41. The predicted octanol–water partition coefficient (Wildman–Crippen LogP) is 3.00. The van der Waals surface area contributed by atoms with Gasteiger partial charge in [-0.05, 0) is 37.6 Å². The highest BCUT2D eigenvalue weighted by atomic mass is 127. The number of benzene rings is 1. The second kappa shape index (κ2) is 11.7. The van der Waals surface area contributed by atoms with E-state index in [4.69, 9.17) is 4.74 Å². The molecule has 0 saturated heterocycles. The molecule has 1 aromatic heterocycles. The number of nitrogens with zero attached hydrogens (tertiary/aromatic N) is 4. The zero-order valence-electron chi connectivity index (χ0n) is 15.2. The van der Waals surface area contributed by atoms with E-state index in [1.807, 2.05) is 43.0 Å². The summed E-state index contributed by atoms with van der Waals surface area (Å²) in [5.41, 5.74) is 1.22. The van der Waals surface area contributed by atoms with Crippen LogP contribution in [0.3, 0.4) is 0 Å². The summed E-state index contributed by atoms with van der Waals surface area (Å²) in [6.45, 7) is 7.86. The number of hydrogen-bond donors (Lipinski definition) is 1. The third kappa shape index (κ3) is 7.33. The minimum absolute atomic E-state index is 0. The summed E-state index contributed by atoms with van der Waals surface area (Å²) in [4.78, 5) is 6.80. The van der Waals surface area contributed by atoms with Gasteiger partial charge in [0.2, 0.25) is 0 Å². The molecule has 2 aromatic rings. The summed E-state index contributed by atoms with van der Waals surface area (Å²) in [6.07, 6.45) is 3.74. The number of halogens is 1. The van der Waals surface area contributed by atoms with Gasteiger partial charge in [0.1, 0.15) is 5.75 Å². The number of rotatable bonds is 8. The zero-order valence-corrected chi connectivity index (χ0v) is 17.5. The topological polar surface area (TPSA) is 54.7 Å². The molecule has 25 heavy (non-hydrogen) atoms. The second-order valence-electron chi connectivity index (χ2n) is 5.44. The Hall–Kier alpha value is -1.77. The van der Waals surface area contributed by atoms with Crippen LogP contribution in [0.5, 0.6) is 5.75 Å². The molecule has 0 atom stereocenters. The van der Waals surface area contributed by atoms with E-state index in [9.17, 15) is 0 Å². The fourth-order valence-electron chi connectivity index (χ4n) is 2.37. The molecule has 0 fully saturated rings. The fraction of sp³-hybridized carbons (Fsp3) is 0.444. The maximum atomic E-state index is 5.48. The van der Waals surface area contributed by atoms with Crippen LogP contribution in [-0.4, -0.2) is 47.4 Å². The lowest BCUT2D eigenvalue weighted by molar-refractivity contribution is 0.340. The lowest BCUT2D eigenvalue weighted by Gasteiger charge is -2.22. The molecule has 1 heterocycles. The average Bonchev–Trinajstić information content (AvgIpc) is 3.09. The highest BCUT2D eigenvalue weighted by Gasteiger charge is 2.06. The van der Waals surface area contributed by atoms with Crippen LogP contribution in [0, 0.1) is 0 Å². The first-order chi connectivity index (χ1) is 11.7. The van der Waals surface area contributed by atoms with E-state index in [1.54, 1.807) is 6.20 Å². The van der Waals surface area contributed by atoms with Gasteiger partial charge in [-0.25, -0.2) is 0 Å². The third-order valence-corrected chi connectivity index (χ3v) is 3.50. The molecule has 0 aliphatic carbocycles. The molecule has 0 saturated carbocycles. The molecule has 0 aliphatic rings. The van der Waals surface area contributed by atoms with E-state index in [0.29, 0.717) is 13.2 Å². The van der Waals surface area contributed by atoms with Crippen molar-refractivity contribution >= 4 is 29.9 Å². The molecule has 7 heteroatoms. The summed E-state index contributed by atoms with van der Waals surface area (Å²) < 4.78 is 7.37. The Kier molecular flexibility index (Phi) is 9.98. The van der Waals surface area contributed by atoms with Crippen molar-refractivity contribution in [2.24, 2.45) is 4.99 Å². The van der Waals surface area contributed by atoms with Gasteiger partial charge < -0.3 is 15.0 Å². The van der Waals surface area contributed by atoms with Gasteiger partial charge in [-0.3, -0.25) is 9.67 Å². The first kappa shape index (κ1) is 21.3. The van der Waals surface area contributed by atoms with E-state index in [-0.39, 0.29) is 24.0 Å². The van der Waals surface area contributed by atoms with Gasteiger partial charge in [0, 0.05) is 32.5 Å². The Bertz CT molecular complexity index is 613.